The molecule has 0 aliphatic carbocycles. The van der Waals surface area contributed by atoms with Crippen molar-refractivity contribution in [3.05, 3.63) is 48.0 Å². The zero-order valence-electron chi connectivity index (χ0n) is 8.01. The Morgan fingerprint density at radius 2 is 1.73 bits per heavy atom. The summed E-state index contributed by atoms with van der Waals surface area (Å²) in [6, 6.07) is 13.8. The van der Waals surface area contributed by atoms with E-state index in [2.05, 4.69) is 4.72 Å². The summed E-state index contributed by atoms with van der Waals surface area (Å²) in [4.78, 5) is 0. The minimum atomic E-state index is -2.53. The SMILES string of the molecule is O=[SH](=O)NCc1cccc2ccccc12. The van der Waals surface area contributed by atoms with E-state index in [1.165, 1.54) is 0 Å². The molecule has 78 valence electrons. The monoisotopic (exact) mass is 221 g/mol. The third-order valence-corrected chi connectivity index (χ3v) is 2.69. The van der Waals surface area contributed by atoms with Gasteiger partial charge in [-0.25, -0.2) is 13.1 Å². The third kappa shape index (κ3) is 2.34. The highest BCUT2D eigenvalue weighted by Gasteiger charge is 1.99. The summed E-state index contributed by atoms with van der Waals surface area (Å²) in [5, 5.41) is 2.21. The van der Waals surface area contributed by atoms with Gasteiger partial charge < -0.3 is 0 Å². The van der Waals surface area contributed by atoms with Crippen LogP contribution >= 0.6 is 0 Å². The normalized spacial score (nSPS) is 11.0. The minimum absolute atomic E-state index is 0.347. The number of benzene rings is 2. The fourth-order valence-corrected chi connectivity index (χ4v) is 1.90. The molecule has 0 saturated heterocycles. The van der Waals surface area contributed by atoms with Gasteiger partial charge in [-0.3, -0.25) is 0 Å². The van der Waals surface area contributed by atoms with E-state index in [-0.39, 0.29) is 0 Å². The number of thiol groups is 1. The highest BCUT2D eigenvalue weighted by Crippen LogP contribution is 2.17. The fraction of sp³-hybridized carbons (Fsp3) is 0.0909. The van der Waals surface area contributed by atoms with Crippen LogP contribution in [0.5, 0.6) is 0 Å². The summed E-state index contributed by atoms with van der Waals surface area (Å²) in [6.45, 7) is 0.347. The summed E-state index contributed by atoms with van der Waals surface area (Å²) in [7, 11) is -2.53. The largest absolute Gasteiger partial charge is 0.216 e. The van der Waals surface area contributed by atoms with Crippen LogP contribution in [0.4, 0.5) is 0 Å². The van der Waals surface area contributed by atoms with Gasteiger partial charge in [0.15, 0.2) is 0 Å². The molecule has 0 amide bonds. The van der Waals surface area contributed by atoms with Crippen molar-refractivity contribution in [1.29, 1.82) is 0 Å². The molecule has 2 rings (SSSR count). The van der Waals surface area contributed by atoms with Crippen molar-refractivity contribution in [2.45, 2.75) is 6.54 Å². The Kier molecular flexibility index (Phi) is 2.99. The van der Waals surface area contributed by atoms with E-state index >= 15 is 0 Å². The number of fused-ring (bicyclic) bond motifs is 1. The van der Waals surface area contributed by atoms with Crippen LogP contribution in [0.15, 0.2) is 42.5 Å². The smallest absolute Gasteiger partial charge is 0.201 e. The number of hydrogen-bond donors (Lipinski definition) is 2. The second kappa shape index (κ2) is 4.42. The lowest BCUT2D eigenvalue weighted by Gasteiger charge is -2.04. The van der Waals surface area contributed by atoms with Crippen LogP contribution in [0.1, 0.15) is 5.56 Å². The molecule has 0 unspecified atom stereocenters. The lowest BCUT2D eigenvalue weighted by Crippen LogP contribution is -2.10. The third-order valence-electron chi connectivity index (χ3n) is 2.28. The van der Waals surface area contributed by atoms with Crippen LogP contribution < -0.4 is 4.72 Å². The first kappa shape index (κ1) is 10.1. The molecule has 0 atom stereocenters. The molecular formula is C11H11NO2S. The molecule has 0 heterocycles. The van der Waals surface area contributed by atoms with Gasteiger partial charge in [-0.15, -0.1) is 0 Å². The van der Waals surface area contributed by atoms with Gasteiger partial charge in [0.25, 0.3) is 0 Å². The average Bonchev–Trinajstić information content (AvgIpc) is 2.26. The molecule has 4 heteroatoms. The Balaban J connectivity index is 2.42. The lowest BCUT2D eigenvalue weighted by molar-refractivity contribution is 0.602. The van der Waals surface area contributed by atoms with Crippen LogP contribution in [0.25, 0.3) is 10.8 Å². The first-order chi connectivity index (χ1) is 7.27. The zero-order valence-corrected chi connectivity index (χ0v) is 8.91. The molecule has 0 radical (unpaired) electrons. The summed E-state index contributed by atoms with van der Waals surface area (Å²) >= 11 is 0. The minimum Gasteiger partial charge on any atom is -0.216 e. The van der Waals surface area contributed by atoms with Gasteiger partial charge in [-0.1, -0.05) is 42.5 Å². The van der Waals surface area contributed by atoms with E-state index in [0.29, 0.717) is 6.54 Å². The lowest BCUT2D eigenvalue weighted by atomic mass is 10.1. The van der Waals surface area contributed by atoms with Crippen LogP contribution in [0, 0.1) is 0 Å². The van der Waals surface area contributed by atoms with Gasteiger partial charge in [-0.05, 0) is 16.3 Å². The van der Waals surface area contributed by atoms with Crippen molar-refractivity contribution in [3.8, 4) is 0 Å². The van der Waals surface area contributed by atoms with E-state index < -0.39 is 10.9 Å². The molecule has 2 aromatic rings. The second-order valence-electron chi connectivity index (χ2n) is 3.23. The van der Waals surface area contributed by atoms with Crippen molar-refractivity contribution in [2.75, 3.05) is 0 Å². The van der Waals surface area contributed by atoms with Gasteiger partial charge in [0.1, 0.15) is 0 Å². The molecule has 3 nitrogen and oxygen atoms in total. The van der Waals surface area contributed by atoms with Gasteiger partial charge in [0.2, 0.25) is 10.9 Å². The van der Waals surface area contributed by atoms with E-state index in [4.69, 9.17) is 0 Å². The highest BCUT2D eigenvalue weighted by molar-refractivity contribution is 7.70. The van der Waals surface area contributed by atoms with Crippen LogP contribution in [0.2, 0.25) is 0 Å². The van der Waals surface area contributed by atoms with E-state index in [0.717, 1.165) is 16.3 Å². The predicted molar refractivity (Wildman–Crippen MR) is 61.1 cm³/mol. The maximum Gasteiger partial charge on any atom is 0.201 e. The zero-order chi connectivity index (χ0) is 10.7. The van der Waals surface area contributed by atoms with Crippen molar-refractivity contribution in [1.82, 2.24) is 4.72 Å². The Morgan fingerprint density at radius 3 is 2.53 bits per heavy atom. The molecule has 1 N–H and O–H groups in total. The molecule has 0 spiro atoms. The number of nitrogens with one attached hydrogen (secondary N) is 1. The standard InChI is InChI=1S/C11H11NO2S/c13-15(14)12-8-10-6-3-5-9-4-1-2-7-11(9)10/h1-7,15H,8H2,(H,12,13,14). The molecule has 0 aromatic heterocycles. The van der Waals surface area contributed by atoms with Crippen LogP contribution in [0.3, 0.4) is 0 Å². The topological polar surface area (TPSA) is 46.2 Å². The van der Waals surface area contributed by atoms with Crippen LogP contribution in [-0.2, 0) is 17.4 Å². The van der Waals surface area contributed by atoms with Crippen molar-refractivity contribution >= 4 is 21.7 Å². The summed E-state index contributed by atoms with van der Waals surface area (Å²) in [5.41, 5.74) is 0.993. The Labute approximate surface area is 89.8 Å². The second-order valence-corrected chi connectivity index (χ2v) is 4.06. The molecule has 0 fully saturated rings. The van der Waals surface area contributed by atoms with Gasteiger partial charge in [0.05, 0.1) is 0 Å². The molecule has 0 aliphatic rings. The average molecular weight is 221 g/mol. The molecule has 15 heavy (non-hydrogen) atoms. The van der Waals surface area contributed by atoms with E-state index in [1.807, 2.05) is 42.5 Å². The maximum absolute atomic E-state index is 10.4. The summed E-state index contributed by atoms with van der Waals surface area (Å²) < 4.78 is 23.3. The van der Waals surface area contributed by atoms with Gasteiger partial charge >= 0.3 is 0 Å². The van der Waals surface area contributed by atoms with E-state index in [9.17, 15) is 8.42 Å². The number of rotatable bonds is 3. The van der Waals surface area contributed by atoms with Crippen molar-refractivity contribution in [3.63, 3.8) is 0 Å². The van der Waals surface area contributed by atoms with Gasteiger partial charge in [-0.2, -0.15) is 0 Å². The molecule has 0 saturated carbocycles. The molecular weight excluding hydrogens is 210 g/mol. The Morgan fingerprint density at radius 1 is 1.00 bits per heavy atom. The molecule has 2 aromatic carbocycles. The fourth-order valence-electron chi connectivity index (χ4n) is 1.60. The van der Waals surface area contributed by atoms with Crippen molar-refractivity contribution in [2.24, 2.45) is 0 Å². The summed E-state index contributed by atoms with van der Waals surface area (Å²) in [6.07, 6.45) is 0. The Hall–Kier alpha value is -1.39. The number of hydrogen-bond acceptors (Lipinski definition) is 2. The predicted octanol–water partition coefficient (Wildman–Crippen LogP) is 1.46. The highest BCUT2D eigenvalue weighted by atomic mass is 32.2. The maximum atomic E-state index is 10.4. The van der Waals surface area contributed by atoms with E-state index in [1.54, 1.807) is 0 Å². The first-order valence-electron chi connectivity index (χ1n) is 4.62. The Bertz CT molecular complexity index is 536. The van der Waals surface area contributed by atoms with Crippen LogP contribution in [-0.4, -0.2) is 8.42 Å². The van der Waals surface area contributed by atoms with Crippen molar-refractivity contribution < 1.29 is 8.42 Å². The quantitative estimate of drug-likeness (QED) is 0.771. The van der Waals surface area contributed by atoms with Gasteiger partial charge in [0, 0.05) is 6.54 Å². The summed E-state index contributed by atoms with van der Waals surface area (Å²) in [5.74, 6) is 0. The molecule has 0 bridgehead atoms. The first-order valence-corrected chi connectivity index (χ1v) is 5.79. The molecule has 0 aliphatic heterocycles.